The number of alkyl carbamates (subject to hydrolysis) is 1. The summed E-state index contributed by atoms with van der Waals surface area (Å²) in [5, 5.41) is 3.73. The second-order valence-corrected chi connectivity index (χ2v) is 14.6. The minimum atomic E-state index is -1.03. The third-order valence-electron chi connectivity index (χ3n) is 9.81. The van der Waals surface area contributed by atoms with Crippen molar-refractivity contribution in [2.24, 2.45) is 17.4 Å². The molecule has 45 heavy (non-hydrogen) atoms. The molecule has 0 radical (unpaired) electrons. The zero-order chi connectivity index (χ0) is 31.8. The van der Waals surface area contributed by atoms with Crippen LogP contribution in [0.25, 0.3) is 10.9 Å². The Labute approximate surface area is 267 Å². The van der Waals surface area contributed by atoms with Crippen molar-refractivity contribution in [1.29, 1.82) is 0 Å². The van der Waals surface area contributed by atoms with Gasteiger partial charge in [0.05, 0.1) is 30.2 Å². The number of nitrogens with zero attached hydrogens (tertiary/aromatic N) is 2. The summed E-state index contributed by atoms with van der Waals surface area (Å²) in [7, 11) is 0. The lowest BCUT2D eigenvalue weighted by Gasteiger charge is -2.38. The molecule has 2 aliphatic carbocycles. The number of piperidine rings is 1. The number of amides is 2. The van der Waals surface area contributed by atoms with Crippen molar-refractivity contribution in [2.75, 3.05) is 19.7 Å². The molecule has 2 aliphatic heterocycles. The molecule has 7 rings (SSSR count). The molecule has 2 amide bonds. The molecular formula is C34H41ClFN5O4. The molecule has 0 bridgehead atoms. The smallest absolute Gasteiger partial charge is 0.407 e. The first-order chi connectivity index (χ1) is 21.3. The van der Waals surface area contributed by atoms with E-state index < -0.39 is 35.1 Å². The van der Waals surface area contributed by atoms with Gasteiger partial charge in [-0.25, -0.2) is 9.18 Å². The van der Waals surface area contributed by atoms with Gasteiger partial charge in [0.1, 0.15) is 22.7 Å². The van der Waals surface area contributed by atoms with Crippen LogP contribution < -0.4 is 21.5 Å². The molecule has 5 N–H and O–H groups in total. The molecule has 3 heterocycles. The summed E-state index contributed by atoms with van der Waals surface area (Å²) >= 11 is 6.57. The molecule has 1 saturated carbocycles. The molecular weight excluding hydrogens is 597 g/mol. The normalized spacial score (nSPS) is 26.0. The van der Waals surface area contributed by atoms with Crippen molar-refractivity contribution < 1.29 is 23.5 Å². The van der Waals surface area contributed by atoms with Crippen molar-refractivity contribution in [3.05, 3.63) is 63.6 Å². The molecule has 2 unspecified atom stereocenters. The SMILES string of the molecule is CC(C)(C)NC(=O)O[C@@H]1CCCN(C(=O)c2cc3c4c(c2)C(N)[C@](N)(c2cc5ccc(F)c(Cl)c5n2CC2CC2)C4CCO3)C1. The number of carbonyl (C=O) groups excluding carboxylic acids is 2. The van der Waals surface area contributed by atoms with Crippen LogP contribution in [0.5, 0.6) is 5.75 Å². The number of rotatable bonds is 5. The average molecular weight is 638 g/mol. The fourth-order valence-electron chi connectivity index (χ4n) is 7.53. The number of hydrogen-bond acceptors (Lipinski definition) is 6. The highest BCUT2D eigenvalue weighted by Gasteiger charge is 2.55. The Morgan fingerprint density at radius 2 is 1.96 bits per heavy atom. The van der Waals surface area contributed by atoms with Crippen LogP contribution >= 0.6 is 11.6 Å². The van der Waals surface area contributed by atoms with Gasteiger partial charge in [0.25, 0.3) is 5.91 Å². The summed E-state index contributed by atoms with van der Waals surface area (Å²) in [6.45, 7) is 7.65. The summed E-state index contributed by atoms with van der Waals surface area (Å²) in [6.07, 6.45) is 3.38. The van der Waals surface area contributed by atoms with Crippen LogP contribution in [0.1, 0.15) is 92.0 Å². The molecule has 240 valence electrons. The molecule has 11 heteroatoms. The van der Waals surface area contributed by atoms with Gasteiger partial charge in [-0.05, 0) is 94.7 Å². The number of nitrogens with one attached hydrogen (secondary N) is 1. The largest absolute Gasteiger partial charge is 0.493 e. The van der Waals surface area contributed by atoms with Crippen LogP contribution in [-0.4, -0.2) is 52.8 Å². The number of carbonyl (C=O) groups is 2. The number of fused-ring (bicyclic) bond motifs is 1. The molecule has 2 fully saturated rings. The van der Waals surface area contributed by atoms with Gasteiger partial charge in [-0.3, -0.25) is 4.79 Å². The minimum absolute atomic E-state index is 0.0901. The van der Waals surface area contributed by atoms with E-state index in [1.165, 1.54) is 6.07 Å². The van der Waals surface area contributed by atoms with Gasteiger partial charge < -0.3 is 35.7 Å². The second kappa shape index (κ2) is 10.9. The van der Waals surface area contributed by atoms with Gasteiger partial charge in [-0.1, -0.05) is 11.6 Å². The van der Waals surface area contributed by atoms with E-state index in [0.717, 1.165) is 41.5 Å². The monoisotopic (exact) mass is 637 g/mol. The van der Waals surface area contributed by atoms with Crippen LogP contribution in [0.2, 0.25) is 5.02 Å². The highest BCUT2D eigenvalue weighted by molar-refractivity contribution is 6.35. The van der Waals surface area contributed by atoms with E-state index in [4.69, 9.17) is 32.5 Å². The van der Waals surface area contributed by atoms with Gasteiger partial charge in [0, 0.05) is 46.8 Å². The Bertz CT molecular complexity index is 1700. The van der Waals surface area contributed by atoms with Gasteiger partial charge in [-0.15, -0.1) is 0 Å². The van der Waals surface area contributed by atoms with E-state index in [1.54, 1.807) is 17.0 Å². The number of benzene rings is 2. The fourth-order valence-corrected chi connectivity index (χ4v) is 7.80. The molecule has 9 nitrogen and oxygen atoms in total. The average Bonchev–Trinajstić information content (AvgIpc) is 3.69. The van der Waals surface area contributed by atoms with Gasteiger partial charge in [-0.2, -0.15) is 0 Å². The lowest BCUT2D eigenvalue weighted by molar-refractivity contribution is 0.0322. The number of nitrogens with two attached hydrogens (primary N) is 2. The van der Waals surface area contributed by atoms with Crippen LogP contribution in [0.4, 0.5) is 9.18 Å². The third kappa shape index (κ3) is 5.24. The first kappa shape index (κ1) is 30.3. The maximum Gasteiger partial charge on any atom is 0.407 e. The van der Waals surface area contributed by atoms with E-state index in [0.29, 0.717) is 61.8 Å². The number of likely N-dealkylation sites (tertiary alicyclic amines) is 1. The van der Waals surface area contributed by atoms with Crippen molar-refractivity contribution >= 4 is 34.5 Å². The van der Waals surface area contributed by atoms with E-state index in [-0.39, 0.29) is 16.8 Å². The summed E-state index contributed by atoms with van der Waals surface area (Å²) in [5.74, 6) is 0.311. The van der Waals surface area contributed by atoms with Crippen molar-refractivity contribution in [2.45, 2.75) is 88.6 Å². The van der Waals surface area contributed by atoms with E-state index in [2.05, 4.69) is 9.88 Å². The first-order valence-corrected chi connectivity index (χ1v) is 16.3. The number of hydrogen-bond donors (Lipinski definition) is 3. The van der Waals surface area contributed by atoms with Gasteiger partial charge in [0.15, 0.2) is 0 Å². The molecule has 1 saturated heterocycles. The molecule has 4 aliphatic rings. The zero-order valence-electron chi connectivity index (χ0n) is 26.0. The number of ether oxygens (including phenoxy) is 2. The number of halogens is 2. The predicted molar refractivity (Wildman–Crippen MR) is 170 cm³/mol. The Hall–Kier alpha value is -3.34. The molecule has 1 aromatic heterocycles. The summed E-state index contributed by atoms with van der Waals surface area (Å²) in [5.41, 5.74) is 16.8. The van der Waals surface area contributed by atoms with E-state index in [9.17, 15) is 14.0 Å². The van der Waals surface area contributed by atoms with Gasteiger partial charge in [0.2, 0.25) is 0 Å². The lowest BCUT2D eigenvalue weighted by Crippen LogP contribution is -2.49. The van der Waals surface area contributed by atoms with Crippen LogP contribution in [0.15, 0.2) is 30.3 Å². The molecule has 0 spiro atoms. The van der Waals surface area contributed by atoms with Crippen LogP contribution in [0, 0.1) is 11.7 Å². The predicted octanol–water partition coefficient (Wildman–Crippen LogP) is 5.71. The van der Waals surface area contributed by atoms with E-state index in [1.807, 2.05) is 32.9 Å². The van der Waals surface area contributed by atoms with Gasteiger partial charge >= 0.3 is 6.09 Å². The quantitative estimate of drug-likeness (QED) is 0.329. The Morgan fingerprint density at radius 1 is 1.18 bits per heavy atom. The zero-order valence-corrected chi connectivity index (χ0v) is 26.8. The third-order valence-corrected chi connectivity index (χ3v) is 10.2. The lowest BCUT2D eigenvalue weighted by atomic mass is 9.77. The minimum Gasteiger partial charge on any atom is -0.493 e. The highest BCUT2D eigenvalue weighted by Crippen LogP contribution is 2.58. The molecule has 3 aromatic rings. The Kier molecular flexibility index (Phi) is 7.33. The van der Waals surface area contributed by atoms with Crippen molar-refractivity contribution in [3.63, 3.8) is 0 Å². The topological polar surface area (TPSA) is 125 Å². The Balaban J connectivity index is 1.22. The number of aromatic nitrogens is 1. The van der Waals surface area contributed by atoms with Crippen molar-refractivity contribution in [1.82, 2.24) is 14.8 Å². The fraction of sp³-hybridized carbons (Fsp3) is 0.529. The Morgan fingerprint density at radius 3 is 2.69 bits per heavy atom. The van der Waals surface area contributed by atoms with Crippen LogP contribution in [0.3, 0.4) is 0 Å². The maximum atomic E-state index is 14.7. The summed E-state index contributed by atoms with van der Waals surface area (Å²) in [6, 6.07) is 8.16. The summed E-state index contributed by atoms with van der Waals surface area (Å²) < 4.78 is 28.6. The summed E-state index contributed by atoms with van der Waals surface area (Å²) in [4.78, 5) is 28.1. The maximum absolute atomic E-state index is 14.7. The highest BCUT2D eigenvalue weighted by atomic mass is 35.5. The molecule has 4 atom stereocenters. The first-order valence-electron chi connectivity index (χ1n) is 16.0. The second-order valence-electron chi connectivity index (χ2n) is 14.3. The molecule has 2 aromatic carbocycles. The van der Waals surface area contributed by atoms with E-state index >= 15 is 0 Å². The van der Waals surface area contributed by atoms with Crippen molar-refractivity contribution in [3.8, 4) is 5.75 Å². The standard InChI is InChI=1S/C34H41ClFN5O4/c1-33(2,3)39-32(43)45-21-5-4-11-40(17-21)31(42)20-13-22-27-23(10-12-44-25(27)14-20)34(38,30(22)37)26-15-19-8-9-24(36)28(35)29(19)41(26)16-18-6-7-18/h8-9,13-15,18,21,23,30H,4-7,10-12,16-17,37-38H2,1-3H3,(H,39,43)/t21-,23?,30?,34-/m1/s1. The van der Waals surface area contributed by atoms with Crippen LogP contribution in [-0.2, 0) is 16.8 Å².